The van der Waals surface area contributed by atoms with Gasteiger partial charge in [0.2, 0.25) is 11.0 Å². The van der Waals surface area contributed by atoms with E-state index in [4.69, 9.17) is 0 Å². The van der Waals surface area contributed by atoms with Gasteiger partial charge in [0.15, 0.2) is 4.34 Å². The monoisotopic (exact) mass is 439 g/mol. The Kier molecular flexibility index (Phi) is 6.60. The first-order valence-electron chi connectivity index (χ1n) is 9.61. The van der Waals surface area contributed by atoms with Gasteiger partial charge in [-0.2, -0.15) is 0 Å². The van der Waals surface area contributed by atoms with Crippen molar-refractivity contribution in [2.75, 3.05) is 16.4 Å². The Labute approximate surface area is 182 Å². The second-order valence-electron chi connectivity index (χ2n) is 6.84. The SMILES string of the molecule is O=C(CSc1nnc(NC2CC2)s1)Nc1ccccc1C(=O)NCc1ccccc1. The molecule has 3 aromatic rings. The molecule has 0 unspecified atom stereocenters. The minimum atomic E-state index is -0.234. The predicted octanol–water partition coefficient (Wildman–Crippen LogP) is 3.77. The van der Waals surface area contributed by atoms with Crippen molar-refractivity contribution in [2.24, 2.45) is 0 Å². The van der Waals surface area contributed by atoms with Gasteiger partial charge in [-0.1, -0.05) is 65.6 Å². The van der Waals surface area contributed by atoms with Gasteiger partial charge in [0.05, 0.1) is 17.0 Å². The number of nitrogens with zero attached hydrogens (tertiary/aromatic N) is 2. The Morgan fingerprint density at radius 1 is 1.03 bits per heavy atom. The Morgan fingerprint density at radius 3 is 2.60 bits per heavy atom. The van der Waals surface area contributed by atoms with E-state index in [2.05, 4.69) is 26.1 Å². The van der Waals surface area contributed by atoms with Crippen LogP contribution < -0.4 is 16.0 Å². The lowest BCUT2D eigenvalue weighted by atomic mass is 10.1. The molecule has 3 N–H and O–H groups in total. The molecule has 2 amide bonds. The highest BCUT2D eigenvalue weighted by Crippen LogP contribution is 2.30. The Morgan fingerprint density at radius 2 is 1.80 bits per heavy atom. The first-order valence-corrected chi connectivity index (χ1v) is 11.4. The van der Waals surface area contributed by atoms with Crippen molar-refractivity contribution in [3.05, 3.63) is 65.7 Å². The molecule has 0 radical (unpaired) electrons. The lowest BCUT2D eigenvalue weighted by Crippen LogP contribution is -2.25. The fraction of sp³-hybridized carbons (Fsp3) is 0.238. The van der Waals surface area contributed by atoms with Crippen LogP contribution in [0.1, 0.15) is 28.8 Å². The molecule has 0 atom stereocenters. The van der Waals surface area contributed by atoms with Crippen LogP contribution in [0.15, 0.2) is 58.9 Å². The van der Waals surface area contributed by atoms with Gasteiger partial charge in [0, 0.05) is 12.6 Å². The van der Waals surface area contributed by atoms with E-state index in [9.17, 15) is 9.59 Å². The Balaban J connectivity index is 1.30. The molecule has 9 heteroatoms. The zero-order valence-electron chi connectivity index (χ0n) is 16.1. The molecule has 0 aliphatic heterocycles. The molecule has 4 rings (SSSR count). The summed E-state index contributed by atoms with van der Waals surface area (Å²) in [6.07, 6.45) is 2.34. The van der Waals surface area contributed by atoms with Crippen LogP contribution in [-0.2, 0) is 11.3 Å². The molecule has 0 saturated heterocycles. The maximum Gasteiger partial charge on any atom is 0.253 e. The topological polar surface area (TPSA) is 96.0 Å². The van der Waals surface area contributed by atoms with Crippen LogP contribution in [0.4, 0.5) is 10.8 Å². The number of anilines is 2. The van der Waals surface area contributed by atoms with Crippen molar-refractivity contribution in [2.45, 2.75) is 29.8 Å². The lowest BCUT2D eigenvalue weighted by Gasteiger charge is -2.11. The van der Waals surface area contributed by atoms with Crippen LogP contribution >= 0.6 is 23.1 Å². The largest absolute Gasteiger partial charge is 0.357 e. The second-order valence-corrected chi connectivity index (χ2v) is 9.04. The molecule has 1 fully saturated rings. The highest BCUT2D eigenvalue weighted by molar-refractivity contribution is 8.01. The number of hydrogen-bond donors (Lipinski definition) is 3. The summed E-state index contributed by atoms with van der Waals surface area (Å²) in [7, 11) is 0. The maximum absolute atomic E-state index is 12.6. The minimum absolute atomic E-state index is 0.192. The van der Waals surface area contributed by atoms with Gasteiger partial charge >= 0.3 is 0 Å². The lowest BCUT2D eigenvalue weighted by molar-refractivity contribution is -0.113. The summed E-state index contributed by atoms with van der Waals surface area (Å²) in [5.41, 5.74) is 1.93. The molecule has 1 aliphatic carbocycles. The van der Waals surface area contributed by atoms with Crippen LogP contribution in [0.5, 0.6) is 0 Å². The normalized spacial score (nSPS) is 12.9. The van der Waals surface area contributed by atoms with Gasteiger partial charge in [-0.3, -0.25) is 9.59 Å². The van der Waals surface area contributed by atoms with Crippen LogP contribution in [0.2, 0.25) is 0 Å². The van der Waals surface area contributed by atoms with Gasteiger partial charge < -0.3 is 16.0 Å². The number of carbonyl (C=O) groups excluding carboxylic acids is 2. The van der Waals surface area contributed by atoms with E-state index >= 15 is 0 Å². The molecule has 2 aromatic carbocycles. The summed E-state index contributed by atoms with van der Waals surface area (Å²) < 4.78 is 0.738. The fourth-order valence-corrected chi connectivity index (χ4v) is 4.33. The highest BCUT2D eigenvalue weighted by atomic mass is 32.2. The van der Waals surface area contributed by atoms with E-state index in [1.807, 2.05) is 30.3 Å². The predicted molar refractivity (Wildman–Crippen MR) is 120 cm³/mol. The van der Waals surface area contributed by atoms with Crippen molar-refractivity contribution < 1.29 is 9.59 Å². The van der Waals surface area contributed by atoms with E-state index in [0.29, 0.717) is 23.8 Å². The van der Waals surface area contributed by atoms with Crippen molar-refractivity contribution >= 4 is 45.7 Å². The Hall–Kier alpha value is -2.91. The molecule has 0 spiro atoms. The average Bonchev–Trinajstić information content (AvgIpc) is 3.47. The molecule has 1 aromatic heterocycles. The highest BCUT2D eigenvalue weighted by Gasteiger charge is 2.22. The Bertz CT molecular complexity index is 1020. The third-order valence-corrected chi connectivity index (χ3v) is 6.37. The van der Waals surface area contributed by atoms with Crippen LogP contribution in [-0.4, -0.2) is 33.8 Å². The van der Waals surface area contributed by atoms with E-state index in [1.54, 1.807) is 24.3 Å². The average molecular weight is 440 g/mol. The van der Waals surface area contributed by atoms with E-state index in [1.165, 1.54) is 35.9 Å². The standard InChI is InChI=1S/C21H21N5O2S2/c27-18(13-29-21-26-25-20(30-21)23-15-10-11-15)24-17-9-5-4-8-16(17)19(28)22-12-14-6-2-1-3-7-14/h1-9,15H,10-13H2,(H,22,28)(H,23,25)(H,24,27). The number of rotatable bonds is 9. The van der Waals surface area contributed by atoms with Crippen molar-refractivity contribution in [1.29, 1.82) is 0 Å². The summed E-state index contributed by atoms with van der Waals surface area (Å²) >= 11 is 2.78. The smallest absolute Gasteiger partial charge is 0.253 e. The summed E-state index contributed by atoms with van der Waals surface area (Å²) in [5.74, 6) is -0.240. The number of para-hydroxylation sites is 1. The molecule has 154 valence electrons. The molecule has 0 bridgehead atoms. The molecule has 1 saturated carbocycles. The van der Waals surface area contributed by atoms with E-state index < -0.39 is 0 Å². The van der Waals surface area contributed by atoms with Crippen molar-refractivity contribution in [3.8, 4) is 0 Å². The van der Waals surface area contributed by atoms with Crippen molar-refractivity contribution in [3.63, 3.8) is 0 Å². The number of carbonyl (C=O) groups is 2. The number of nitrogens with one attached hydrogen (secondary N) is 3. The molecular weight excluding hydrogens is 418 g/mol. The fourth-order valence-electron chi connectivity index (χ4n) is 2.71. The van der Waals surface area contributed by atoms with Crippen LogP contribution in [0, 0.1) is 0 Å². The summed E-state index contributed by atoms with van der Waals surface area (Å²) in [5, 5.41) is 18.0. The van der Waals surface area contributed by atoms with Gasteiger partial charge in [0.1, 0.15) is 0 Å². The number of hydrogen-bond acceptors (Lipinski definition) is 7. The van der Waals surface area contributed by atoms with Crippen molar-refractivity contribution in [1.82, 2.24) is 15.5 Å². The van der Waals surface area contributed by atoms with E-state index in [0.717, 1.165) is 15.0 Å². The molecule has 7 nitrogen and oxygen atoms in total. The van der Waals surface area contributed by atoms with Gasteiger partial charge in [-0.05, 0) is 30.5 Å². The first kappa shape index (κ1) is 20.4. The van der Waals surface area contributed by atoms with Crippen LogP contribution in [0.3, 0.4) is 0 Å². The number of amides is 2. The number of thioether (sulfide) groups is 1. The third-order valence-electron chi connectivity index (χ3n) is 4.38. The number of aromatic nitrogens is 2. The molecule has 1 aliphatic rings. The maximum atomic E-state index is 12.6. The minimum Gasteiger partial charge on any atom is -0.357 e. The molecule has 1 heterocycles. The summed E-state index contributed by atoms with van der Waals surface area (Å²) in [6, 6.07) is 17.2. The molecule has 30 heavy (non-hydrogen) atoms. The number of benzene rings is 2. The summed E-state index contributed by atoms with van der Waals surface area (Å²) in [6.45, 7) is 0.423. The van der Waals surface area contributed by atoms with E-state index in [-0.39, 0.29) is 17.6 Å². The van der Waals surface area contributed by atoms with Gasteiger partial charge in [0.25, 0.3) is 5.91 Å². The quantitative estimate of drug-likeness (QED) is 0.439. The first-order chi connectivity index (χ1) is 14.7. The third kappa shape index (κ3) is 5.80. The van der Waals surface area contributed by atoms with Gasteiger partial charge in [-0.25, -0.2) is 0 Å². The van der Waals surface area contributed by atoms with Crippen LogP contribution in [0.25, 0.3) is 0 Å². The second kappa shape index (κ2) is 9.73. The zero-order valence-corrected chi connectivity index (χ0v) is 17.8. The summed E-state index contributed by atoms with van der Waals surface area (Å²) in [4.78, 5) is 25.0. The molecular formula is C21H21N5O2S2. The zero-order chi connectivity index (χ0) is 20.8. The van der Waals surface area contributed by atoms with Gasteiger partial charge in [-0.15, -0.1) is 10.2 Å².